The number of fused-ring (bicyclic) bond motifs is 1. The molecule has 2 aromatic carbocycles. The van der Waals surface area contributed by atoms with Crippen LogP contribution in [-0.4, -0.2) is 14.8 Å². The van der Waals surface area contributed by atoms with Gasteiger partial charge >= 0.3 is 0 Å². The molecule has 0 aliphatic heterocycles. The number of nitrogens with zero attached hydrogens (tertiary/aromatic N) is 1. The zero-order valence-corrected chi connectivity index (χ0v) is 9.96. The summed E-state index contributed by atoms with van der Waals surface area (Å²) in [5.74, 6) is -0.186. The van der Waals surface area contributed by atoms with E-state index in [9.17, 15) is 10.2 Å². The first kappa shape index (κ1) is 10.7. The van der Waals surface area contributed by atoms with Crippen LogP contribution in [-0.2, 0) is 0 Å². The van der Waals surface area contributed by atoms with Crippen LogP contribution < -0.4 is 0 Å². The van der Waals surface area contributed by atoms with Crippen LogP contribution in [0.2, 0.25) is 0 Å². The number of phenolic OH excluding ortho intramolecular Hbond substituents is 2. The molecular weight excluding hydrogens is 226 g/mol. The minimum atomic E-state index is -0.0993. The summed E-state index contributed by atoms with van der Waals surface area (Å²) in [6.45, 7) is 1.98. The number of aryl methyl sites for hydroxylation is 1. The molecule has 0 aliphatic rings. The van der Waals surface area contributed by atoms with Crippen molar-refractivity contribution < 1.29 is 10.2 Å². The molecule has 18 heavy (non-hydrogen) atoms. The fourth-order valence-corrected chi connectivity index (χ4v) is 2.22. The highest BCUT2D eigenvalue weighted by Crippen LogP contribution is 2.33. The van der Waals surface area contributed by atoms with Crippen LogP contribution in [0.3, 0.4) is 0 Å². The number of phenols is 2. The molecule has 0 atom stereocenters. The van der Waals surface area contributed by atoms with Crippen molar-refractivity contribution in [2.75, 3.05) is 0 Å². The SMILES string of the molecule is Cc1cn(-c2ccccc2)c2cc(O)c(O)cc12. The average Bonchev–Trinajstić information content (AvgIpc) is 2.69. The van der Waals surface area contributed by atoms with Gasteiger partial charge in [0.2, 0.25) is 0 Å². The number of aromatic nitrogens is 1. The number of hydrogen-bond acceptors (Lipinski definition) is 2. The van der Waals surface area contributed by atoms with Gasteiger partial charge in [-0.2, -0.15) is 0 Å². The van der Waals surface area contributed by atoms with Crippen LogP contribution in [0.5, 0.6) is 11.5 Å². The Morgan fingerprint density at radius 3 is 2.33 bits per heavy atom. The molecule has 0 bridgehead atoms. The van der Waals surface area contributed by atoms with Gasteiger partial charge in [0.25, 0.3) is 0 Å². The highest BCUT2D eigenvalue weighted by atomic mass is 16.3. The van der Waals surface area contributed by atoms with Crippen molar-refractivity contribution in [2.45, 2.75) is 6.92 Å². The lowest BCUT2D eigenvalue weighted by atomic mass is 10.2. The van der Waals surface area contributed by atoms with E-state index in [1.807, 2.05) is 48.0 Å². The first-order valence-electron chi connectivity index (χ1n) is 5.76. The molecule has 0 saturated carbocycles. The third kappa shape index (κ3) is 1.52. The van der Waals surface area contributed by atoms with Gasteiger partial charge in [-0.25, -0.2) is 0 Å². The molecule has 3 nitrogen and oxygen atoms in total. The Labute approximate surface area is 105 Å². The number of aromatic hydroxyl groups is 2. The highest BCUT2D eigenvalue weighted by molar-refractivity contribution is 5.88. The Morgan fingerprint density at radius 1 is 0.944 bits per heavy atom. The molecule has 3 heteroatoms. The van der Waals surface area contributed by atoms with Crippen molar-refractivity contribution in [2.24, 2.45) is 0 Å². The fourth-order valence-electron chi connectivity index (χ4n) is 2.22. The number of hydrogen-bond donors (Lipinski definition) is 2. The largest absolute Gasteiger partial charge is 0.504 e. The zero-order chi connectivity index (χ0) is 12.7. The lowest BCUT2D eigenvalue weighted by molar-refractivity contribution is 0.405. The summed E-state index contributed by atoms with van der Waals surface area (Å²) in [4.78, 5) is 0. The molecular formula is C15H13NO2. The van der Waals surface area contributed by atoms with Crippen molar-refractivity contribution in [3.63, 3.8) is 0 Å². The van der Waals surface area contributed by atoms with E-state index in [0.717, 1.165) is 22.2 Å². The monoisotopic (exact) mass is 239 g/mol. The standard InChI is InChI=1S/C15H13NO2/c1-10-9-16(11-5-3-2-4-6-11)13-8-15(18)14(17)7-12(10)13/h2-9,17-18H,1H3. The number of benzene rings is 2. The fraction of sp³-hybridized carbons (Fsp3) is 0.0667. The molecule has 0 radical (unpaired) electrons. The van der Waals surface area contributed by atoms with Gasteiger partial charge in [-0.1, -0.05) is 18.2 Å². The van der Waals surface area contributed by atoms with E-state index in [1.54, 1.807) is 12.1 Å². The zero-order valence-electron chi connectivity index (χ0n) is 9.96. The molecule has 0 saturated heterocycles. The molecule has 2 N–H and O–H groups in total. The molecule has 0 amide bonds. The second-order valence-electron chi connectivity index (χ2n) is 4.38. The minimum Gasteiger partial charge on any atom is -0.504 e. The van der Waals surface area contributed by atoms with Gasteiger partial charge in [0.1, 0.15) is 0 Å². The molecule has 0 aliphatic carbocycles. The number of rotatable bonds is 1. The smallest absolute Gasteiger partial charge is 0.159 e. The van der Waals surface area contributed by atoms with E-state index >= 15 is 0 Å². The average molecular weight is 239 g/mol. The summed E-state index contributed by atoms with van der Waals surface area (Å²) in [5.41, 5.74) is 2.97. The lowest BCUT2D eigenvalue weighted by Crippen LogP contribution is -1.90. The molecule has 90 valence electrons. The normalized spacial score (nSPS) is 10.9. The van der Waals surface area contributed by atoms with Gasteiger partial charge < -0.3 is 14.8 Å². The van der Waals surface area contributed by atoms with Crippen molar-refractivity contribution in [1.82, 2.24) is 4.57 Å². The molecule has 1 aromatic heterocycles. The molecule has 0 spiro atoms. The quantitative estimate of drug-likeness (QED) is 0.640. The number of para-hydroxylation sites is 1. The lowest BCUT2D eigenvalue weighted by Gasteiger charge is -2.05. The van der Waals surface area contributed by atoms with Crippen LogP contribution in [0.15, 0.2) is 48.7 Å². The van der Waals surface area contributed by atoms with E-state index in [4.69, 9.17) is 0 Å². The maximum absolute atomic E-state index is 9.63. The second-order valence-corrected chi connectivity index (χ2v) is 4.38. The van der Waals surface area contributed by atoms with Crippen LogP contribution in [0.4, 0.5) is 0 Å². The van der Waals surface area contributed by atoms with E-state index in [1.165, 1.54) is 0 Å². The van der Waals surface area contributed by atoms with Crippen molar-refractivity contribution in [3.05, 3.63) is 54.2 Å². The molecule has 3 aromatic rings. The van der Waals surface area contributed by atoms with Crippen LogP contribution in [0.25, 0.3) is 16.6 Å². The predicted octanol–water partition coefficient (Wildman–Crippen LogP) is 3.35. The topological polar surface area (TPSA) is 45.4 Å². The van der Waals surface area contributed by atoms with Crippen molar-refractivity contribution >= 4 is 10.9 Å². The Morgan fingerprint density at radius 2 is 1.61 bits per heavy atom. The molecule has 0 fully saturated rings. The molecule has 0 unspecified atom stereocenters. The van der Waals surface area contributed by atoms with E-state index in [2.05, 4.69) is 0 Å². The van der Waals surface area contributed by atoms with Gasteiger partial charge in [0.05, 0.1) is 5.52 Å². The Hall–Kier alpha value is -2.42. The minimum absolute atomic E-state index is 0.0867. The van der Waals surface area contributed by atoms with Crippen molar-refractivity contribution in [1.29, 1.82) is 0 Å². The predicted molar refractivity (Wildman–Crippen MR) is 71.3 cm³/mol. The van der Waals surface area contributed by atoms with Gasteiger partial charge in [-0.3, -0.25) is 0 Å². The van der Waals surface area contributed by atoms with Gasteiger partial charge in [-0.05, 0) is 30.7 Å². The van der Waals surface area contributed by atoms with Gasteiger partial charge in [0, 0.05) is 23.3 Å². The Balaban J connectivity index is 2.35. The maximum Gasteiger partial charge on any atom is 0.159 e. The van der Waals surface area contributed by atoms with Crippen molar-refractivity contribution in [3.8, 4) is 17.2 Å². The van der Waals surface area contributed by atoms with E-state index in [-0.39, 0.29) is 11.5 Å². The van der Waals surface area contributed by atoms with Gasteiger partial charge in [0.15, 0.2) is 11.5 Å². The third-order valence-corrected chi connectivity index (χ3v) is 3.13. The summed E-state index contributed by atoms with van der Waals surface area (Å²) in [6, 6.07) is 13.1. The van der Waals surface area contributed by atoms with Gasteiger partial charge in [-0.15, -0.1) is 0 Å². The highest BCUT2D eigenvalue weighted by Gasteiger charge is 2.10. The van der Waals surface area contributed by atoms with E-state index < -0.39 is 0 Å². The summed E-state index contributed by atoms with van der Waals surface area (Å²) in [7, 11) is 0. The first-order valence-corrected chi connectivity index (χ1v) is 5.76. The maximum atomic E-state index is 9.63. The van der Waals surface area contributed by atoms with Crippen LogP contribution in [0.1, 0.15) is 5.56 Å². The summed E-state index contributed by atoms with van der Waals surface area (Å²) in [5, 5.41) is 20.1. The van der Waals surface area contributed by atoms with E-state index in [0.29, 0.717) is 0 Å². The van der Waals surface area contributed by atoms with Crippen LogP contribution >= 0.6 is 0 Å². The third-order valence-electron chi connectivity index (χ3n) is 3.13. The summed E-state index contributed by atoms with van der Waals surface area (Å²) < 4.78 is 2.00. The summed E-state index contributed by atoms with van der Waals surface area (Å²) >= 11 is 0. The molecule has 1 heterocycles. The Kier molecular flexibility index (Phi) is 2.27. The van der Waals surface area contributed by atoms with Crippen LogP contribution in [0, 0.1) is 6.92 Å². The second kappa shape index (κ2) is 3.81. The Bertz CT molecular complexity index is 714. The molecule has 3 rings (SSSR count). The summed E-state index contributed by atoms with van der Waals surface area (Å²) in [6.07, 6.45) is 2.00. The first-order chi connectivity index (χ1) is 8.66.